The van der Waals surface area contributed by atoms with E-state index in [0.717, 1.165) is 5.56 Å². The van der Waals surface area contributed by atoms with Crippen LogP contribution in [0.1, 0.15) is 29.0 Å². The predicted octanol–water partition coefficient (Wildman–Crippen LogP) is 3.51. The first-order valence-corrected chi connectivity index (χ1v) is 7.84. The lowest BCUT2D eigenvalue weighted by Gasteiger charge is -2.16. The molecule has 128 valence electrons. The molecule has 0 saturated carbocycles. The number of ether oxygens (including phenoxy) is 1. The molecule has 0 fully saturated rings. The van der Waals surface area contributed by atoms with E-state index >= 15 is 0 Å². The van der Waals surface area contributed by atoms with E-state index in [1.54, 1.807) is 37.6 Å². The molecule has 3 rings (SSSR count). The number of aromatic nitrogens is 2. The second kappa shape index (κ2) is 7.17. The van der Waals surface area contributed by atoms with Gasteiger partial charge in [0.2, 0.25) is 0 Å². The summed E-state index contributed by atoms with van der Waals surface area (Å²) in [7, 11) is 1.59. The van der Waals surface area contributed by atoms with Crippen LogP contribution >= 0.6 is 0 Å². The molecule has 1 heterocycles. The largest absolute Gasteiger partial charge is 0.496 e. The van der Waals surface area contributed by atoms with E-state index in [4.69, 9.17) is 4.74 Å². The van der Waals surface area contributed by atoms with Gasteiger partial charge in [0.05, 0.1) is 13.2 Å². The second-order valence-corrected chi connectivity index (χ2v) is 5.53. The van der Waals surface area contributed by atoms with E-state index < -0.39 is 5.82 Å². The first kappa shape index (κ1) is 16.7. The Labute approximate surface area is 145 Å². The number of halogens is 1. The fourth-order valence-electron chi connectivity index (χ4n) is 2.59. The molecule has 2 aromatic carbocycles. The van der Waals surface area contributed by atoms with Crippen molar-refractivity contribution in [3.05, 3.63) is 77.9 Å². The highest BCUT2D eigenvalue weighted by molar-refractivity contribution is 5.92. The number of rotatable bonds is 5. The Morgan fingerprint density at radius 2 is 1.88 bits per heavy atom. The van der Waals surface area contributed by atoms with Gasteiger partial charge in [-0.1, -0.05) is 30.3 Å². The quantitative estimate of drug-likeness (QED) is 0.774. The van der Waals surface area contributed by atoms with Crippen LogP contribution in [-0.2, 0) is 0 Å². The molecule has 5 nitrogen and oxygen atoms in total. The highest BCUT2D eigenvalue weighted by Gasteiger charge is 2.17. The molecule has 1 amide bonds. The lowest BCUT2D eigenvalue weighted by atomic mass is 10.1. The van der Waals surface area contributed by atoms with Gasteiger partial charge >= 0.3 is 0 Å². The van der Waals surface area contributed by atoms with Gasteiger partial charge in [-0.2, -0.15) is 5.10 Å². The number of para-hydroxylation sites is 2. The molecule has 1 atom stereocenters. The lowest BCUT2D eigenvalue weighted by molar-refractivity contribution is 0.0934. The molecule has 3 aromatic rings. The van der Waals surface area contributed by atoms with E-state index in [9.17, 15) is 9.18 Å². The molecule has 0 radical (unpaired) electrons. The Morgan fingerprint density at radius 3 is 2.64 bits per heavy atom. The molecule has 0 aliphatic heterocycles. The van der Waals surface area contributed by atoms with Gasteiger partial charge in [0, 0.05) is 11.8 Å². The number of carbonyl (C=O) groups excluding carboxylic acids is 1. The average Bonchev–Trinajstić information content (AvgIpc) is 3.12. The van der Waals surface area contributed by atoms with Crippen molar-refractivity contribution in [2.24, 2.45) is 0 Å². The third-order valence-electron chi connectivity index (χ3n) is 3.87. The molecule has 1 unspecified atom stereocenters. The number of nitrogens with one attached hydrogen (secondary N) is 1. The molecule has 25 heavy (non-hydrogen) atoms. The van der Waals surface area contributed by atoms with Crippen LogP contribution in [0.25, 0.3) is 5.69 Å². The van der Waals surface area contributed by atoms with Crippen LogP contribution in [0.5, 0.6) is 5.75 Å². The molecular weight excluding hydrogens is 321 g/mol. The number of hydrogen-bond donors (Lipinski definition) is 1. The number of hydrogen-bond acceptors (Lipinski definition) is 3. The van der Waals surface area contributed by atoms with Crippen molar-refractivity contribution < 1.29 is 13.9 Å². The van der Waals surface area contributed by atoms with Crippen molar-refractivity contribution in [1.29, 1.82) is 0 Å². The normalized spacial score (nSPS) is 11.8. The highest BCUT2D eigenvalue weighted by Crippen LogP contribution is 2.24. The third kappa shape index (κ3) is 3.52. The second-order valence-electron chi connectivity index (χ2n) is 5.53. The van der Waals surface area contributed by atoms with Crippen LogP contribution in [0.2, 0.25) is 0 Å². The summed E-state index contributed by atoms with van der Waals surface area (Å²) in [5.41, 5.74) is 1.37. The van der Waals surface area contributed by atoms with E-state index in [0.29, 0.717) is 11.4 Å². The van der Waals surface area contributed by atoms with Crippen LogP contribution < -0.4 is 10.1 Å². The smallest absolute Gasteiger partial charge is 0.272 e. The number of nitrogens with zero attached hydrogens (tertiary/aromatic N) is 2. The molecule has 6 heteroatoms. The summed E-state index contributed by atoms with van der Waals surface area (Å²) in [6.07, 6.45) is 1.56. The highest BCUT2D eigenvalue weighted by atomic mass is 19.1. The first-order valence-electron chi connectivity index (χ1n) is 7.84. The number of benzene rings is 2. The van der Waals surface area contributed by atoms with Gasteiger partial charge < -0.3 is 10.1 Å². The van der Waals surface area contributed by atoms with Gasteiger partial charge in [0.15, 0.2) is 5.69 Å². The summed E-state index contributed by atoms with van der Waals surface area (Å²) in [5.74, 6) is -0.0411. The minimum Gasteiger partial charge on any atom is -0.496 e. The topological polar surface area (TPSA) is 56.1 Å². The summed E-state index contributed by atoms with van der Waals surface area (Å²) in [6.45, 7) is 1.86. The van der Waals surface area contributed by atoms with E-state index in [1.165, 1.54) is 10.7 Å². The van der Waals surface area contributed by atoms with Gasteiger partial charge in [0.25, 0.3) is 5.91 Å². The zero-order valence-corrected chi connectivity index (χ0v) is 13.9. The predicted molar refractivity (Wildman–Crippen MR) is 92.4 cm³/mol. The lowest BCUT2D eigenvalue weighted by Crippen LogP contribution is -2.27. The number of methoxy groups -OCH3 is 1. The number of amides is 1. The SMILES string of the molecule is COc1ccccc1C(C)NC(=O)c1ccn(-c2ccccc2F)n1. The molecule has 0 saturated heterocycles. The van der Waals surface area contributed by atoms with Crippen molar-refractivity contribution in [1.82, 2.24) is 15.1 Å². The minimum absolute atomic E-state index is 0.213. The molecule has 1 N–H and O–H groups in total. The van der Waals surface area contributed by atoms with E-state index in [2.05, 4.69) is 10.4 Å². The molecule has 0 bridgehead atoms. The monoisotopic (exact) mass is 339 g/mol. The van der Waals surface area contributed by atoms with Gasteiger partial charge in [-0.25, -0.2) is 9.07 Å². The standard InChI is InChI=1S/C19H18FN3O2/c1-13(14-7-3-6-10-18(14)25-2)21-19(24)16-11-12-23(22-16)17-9-5-4-8-15(17)20/h3-13H,1-2H3,(H,21,24). The van der Waals surface area contributed by atoms with Gasteiger partial charge in [-0.15, -0.1) is 0 Å². The van der Waals surface area contributed by atoms with Crippen LogP contribution in [0.3, 0.4) is 0 Å². The van der Waals surface area contributed by atoms with Gasteiger partial charge in [-0.3, -0.25) is 4.79 Å². The summed E-state index contributed by atoms with van der Waals surface area (Å²) in [5, 5.41) is 7.04. The van der Waals surface area contributed by atoms with Crippen molar-refractivity contribution in [2.45, 2.75) is 13.0 Å². The fourth-order valence-corrected chi connectivity index (χ4v) is 2.59. The van der Waals surface area contributed by atoms with Gasteiger partial charge in [-0.05, 0) is 31.2 Å². The van der Waals surface area contributed by atoms with Crippen molar-refractivity contribution in [3.63, 3.8) is 0 Å². The molecule has 0 aliphatic rings. The number of carbonyl (C=O) groups is 1. The van der Waals surface area contributed by atoms with Crippen molar-refractivity contribution >= 4 is 5.91 Å². The van der Waals surface area contributed by atoms with Crippen molar-refractivity contribution in [3.8, 4) is 11.4 Å². The Balaban J connectivity index is 1.77. The molecule has 0 aliphatic carbocycles. The Morgan fingerprint density at radius 1 is 1.16 bits per heavy atom. The van der Waals surface area contributed by atoms with Gasteiger partial charge in [0.1, 0.15) is 17.3 Å². The van der Waals surface area contributed by atoms with Crippen LogP contribution in [-0.4, -0.2) is 22.8 Å². The fraction of sp³-hybridized carbons (Fsp3) is 0.158. The minimum atomic E-state index is -0.403. The maximum atomic E-state index is 13.8. The Bertz CT molecular complexity index is 892. The summed E-state index contributed by atoms with van der Waals surface area (Å²) >= 11 is 0. The summed E-state index contributed by atoms with van der Waals surface area (Å²) in [6, 6.07) is 15.0. The molecular formula is C19H18FN3O2. The average molecular weight is 339 g/mol. The maximum absolute atomic E-state index is 13.8. The van der Waals surface area contributed by atoms with Crippen LogP contribution in [0.4, 0.5) is 4.39 Å². The molecule has 1 aromatic heterocycles. The third-order valence-corrected chi connectivity index (χ3v) is 3.87. The summed E-state index contributed by atoms with van der Waals surface area (Å²) in [4.78, 5) is 12.4. The Kier molecular flexibility index (Phi) is 4.79. The van der Waals surface area contributed by atoms with E-state index in [1.807, 2.05) is 31.2 Å². The summed E-state index contributed by atoms with van der Waals surface area (Å²) < 4.78 is 20.5. The molecule has 0 spiro atoms. The van der Waals surface area contributed by atoms with Crippen molar-refractivity contribution in [2.75, 3.05) is 7.11 Å². The van der Waals surface area contributed by atoms with Crippen LogP contribution in [0, 0.1) is 5.82 Å². The first-order chi connectivity index (χ1) is 12.1. The maximum Gasteiger partial charge on any atom is 0.272 e. The van der Waals surface area contributed by atoms with E-state index in [-0.39, 0.29) is 17.6 Å². The zero-order valence-electron chi connectivity index (χ0n) is 13.9. The zero-order chi connectivity index (χ0) is 17.8. The van der Waals surface area contributed by atoms with Crippen LogP contribution in [0.15, 0.2) is 60.8 Å². The Hall–Kier alpha value is -3.15.